The quantitative estimate of drug-likeness (QED) is 0.194. The number of hydrogen-bond donors (Lipinski definition) is 1. The second-order valence-electron chi connectivity index (χ2n) is 16.1. The number of nitrogens with one attached hydrogen (secondary N) is 1. The summed E-state index contributed by atoms with van der Waals surface area (Å²) in [6, 6.07) is 15.6. The van der Waals surface area contributed by atoms with Crippen LogP contribution in [0.25, 0.3) is 11.3 Å². The minimum atomic E-state index is -4.19. The Morgan fingerprint density at radius 1 is 1.04 bits per heavy atom. The zero-order valence-electron chi connectivity index (χ0n) is 31.4. The van der Waals surface area contributed by atoms with Gasteiger partial charge in [0.25, 0.3) is 15.9 Å². The third kappa shape index (κ3) is 8.16. The van der Waals surface area contributed by atoms with Crippen LogP contribution < -0.4 is 14.4 Å². The molecule has 3 aliphatic rings. The third-order valence-electron chi connectivity index (χ3n) is 10.6. The van der Waals surface area contributed by atoms with Crippen LogP contribution in [0.4, 0.5) is 11.8 Å². The highest BCUT2D eigenvalue weighted by Gasteiger charge is 2.54. The molecule has 0 saturated heterocycles. The van der Waals surface area contributed by atoms with E-state index in [-0.39, 0.29) is 48.2 Å². The molecule has 1 amide bonds. The Kier molecular flexibility index (Phi) is 9.92. The van der Waals surface area contributed by atoms with Crippen molar-refractivity contribution in [3.63, 3.8) is 0 Å². The molecule has 2 aromatic heterocycles. The average Bonchev–Trinajstić information content (AvgIpc) is 3.90. The number of ether oxygens (including phenoxy) is 2. The zero-order valence-corrected chi connectivity index (χ0v) is 32.2. The molecule has 4 bridgehead atoms. The van der Waals surface area contributed by atoms with Crippen LogP contribution >= 0.6 is 0 Å². The van der Waals surface area contributed by atoms with Gasteiger partial charge in [0, 0.05) is 44.5 Å². The summed E-state index contributed by atoms with van der Waals surface area (Å²) in [7, 11) is -2.49. The molecule has 53 heavy (non-hydrogen) atoms. The average molecular weight is 742 g/mol. The number of fused-ring (bicyclic) bond motifs is 4. The Morgan fingerprint density at radius 2 is 1.77 bits per heavy atom. The normalized spacial score (nSPS) is 19.2. The summed E-state index contributed by atoms with van der Waals surface area (Å²) in [5.41, 5.74) is 3.86. The first-order chi connectivity index (χ1) is 25.2. The summed E-state index contributed by atoms with van der Waals surface area (Å²) < 4.78 is 42.1. The maximum atomic E-state index is 14.7. The van der Waals surface area contributed by atoms with Crippen LogP contribution in [-0.4, -0.2) is 78.1 Å². The molecule has 2 aliphatic carbocycles. The number of rotatable bonds is 9. The second kappa shape index (κ2) is 14.3. The maximum absolute atomic E-state index is 14.7. The molecule has 1 N–H and O–H groups in total. The molecule has 282 valence electrons. The van der Waals surface area contributed by atoms with Crippen molar-refractivity contribution in [3.8, 4) is 17.1 Å². The molecule has 13 heteroatoms. The van der Waals surface area contributed by atoms with Gasteiger partial charge in [-0.15, -0.1) is 0 Å². The molecule has 1 aliphatic heterocycles. The fourth-order valence-corrected chi connectivity index (χ4v) is 8.73. The van der Waals surface area contributed by atoms with E-state index in [4.69, 9.17) is 14.5 Å². The van der Waals surface area contributed by atoms with Crippen molar-refractivity contribution in [2.75, 3.05) is 36.5 Å². The van der Waals surface area contributed by atoms with Crippen molar-refractivity contribution in [2.24, 2.45) is 10.8 Å². The van der Waals surface area contributed by atoms with Crippen LogP contribution in [0.5, 0.6) is 5.88 Å². The Balaban J connectivity index is 0.00000497. The van der Waals surface area contributed by atoms with E-state index in [2.05, 4.69) is 45.3 Å². The Labute approximate surface area is 313 Å². The summed E-state index contributed by atoms with van der Waals surface area (Å²) in [5, 5.41) is 0. The highest BCUT2D eigenvalue weighted by atomic mass is 32.2. The number of anilines is 2. The molecule has 1 atom stereocenters. The Hall–Kier alpha value is -4.62. The minimum absolute atomic E-state index is 0. The van der Waals surface area contributed by atoms with Gasteiger partial charge in [-0.25, -0.2) is 28.1 Å². The number of hydrogen-bond acceptors (Lipinski definition) is 10. The lowest BCUT2D eigenvalue weighted by atomic mass is 9.76. The number of carbonyl (C=O) groups excluding carboxylic acids is 1. The number of aromatic nitrogens is 4. The van der Waals surface area contributed by atoms with Gasteiger partial charge >= 0.3 is 0 Å². The molecule has 2 fully saturated rings. The van der Waals surface area contributed by atoms with Crippen LogP contribution in [0.15, 0.2) is 65.7 Å². The summed E-state index contributed by atoms with van der Waals surface area (Å²) in [4.78, 5) is 37.5. The van der Waals surface area contributed by atoms with E-state index >= 15 is 0 Å². The van der Waals surface area contributed by atoms with E-state index in [1.807, 2.05) is 38.1 Å². The first kappa shape index (κ1) is 36.7. The van der Waals surface area contributed by atoms with Gasteiger partial charge < -0.3 is 19.3 Å². The molecule has 3 heterocycles. The SMILES string of the molecule is COCCN(c1ccnc(CN2C(=O)c3cccc(c3)S(=O)(=O)Nc3nc(cc(-c4c(C)cccc4C)n3)OC[C@H]2CC(C)(C)C)n1)C1CC2(CC2)C1.[HH]. The van der Waals surface area contributed by atoms with E-state index in [1.54, 1.807) is 36.4 Å². The van der Waals surface area contributed by atoms with E-state index in [0.29, 0.717) is 42.5 Å². The van der Waals surface area contributed by atoms with Crippen LogP contribution in [0.1, 0.15) is 81.6 Å². The molecule has 2 saturated carbocycles. The van der Waals surface area contributed by atoms with Crippen LogP contribution in [-0.2, 0) is 21.3 Å². The summed E-state index contributed by atoms with van der Waals surface area (Å²) in [5.74, 6) is 1.000. The number of aryl methyl sites for hydroxylation is 2. The first-order valence-electron chi connectivity index (χ1n) is 18.3. The first-order valence-corrected chi connectivity index (χ1v) is 19.8. The minimum Gasteiger partial charge on any atom is -0.475 e. The standard InChI is InChI=1S/C40H49N7O5S.H2/c1-26-9-7-10-27(2)36(26)32-20-35-44-38(42-32)45-53(49,50)31-12-8-11-28(19-31)37(48)47(30(25-52-35)21-39(3,4)5)24-33-41-16-13-34(43-33)46(17-18-51-6)29-22-40(23-29)14-15-40;/h7-13,16,19-20,29-30H,14-15,17-18,21-25H2,1-6H3,(H,42,44,45);1H/t30-;/m1./s1. The predicted octanol–water partition coefficient (Wildman–Crippen LogP) is 6.83. The lowest BCUT2D eigenvalue weighted by Crippen LogP contribution is -2.48. The predicted molar refractivity (Wildman–Crippen MR) is 205 cm³/mol. The van der Waals surface area contributed by atoms with Crippen molar-refractivity contribution < 1.29 is 24.1 Å². The van der Waals surface area contributed by atoms with Gasteiger partial charge in [0.05, 0.1) is 29.8 Å². The summed E-state index contributed by atoms with van der Waals surface area (Å²) in [6.07, 6.45) is 7.21. The maximum Gasteiger partial charge on any atom is 0.264 e. The van der Waals surface area contributed by atoms with Crippen molar-refractivity contribution in [1.29, 1.82) is 0 Å². The van der Waals surface area contributed by atoms with Crippen molar-refractivity contribution >= 4 is 27.7 Å². The number of methoxy groups -OCH3 is 1. The molecule has 0 unspecified atom stereocenters. The van der Waals surface area contributed by atoms with Gasteiger partial charge in [0.1, 0.15) is 18.2 Å². The monoisotopic (exact) mass is 741 g/mol. The Bertz CT molecular complexity index is 2090. The van der Waals surface area contributed by atoms with Gasteiger partial charge in [0.15, 0.2) is 0 Å². The van der Waals surface area contributed by atoms with Gasteiger partial charge in [-0.3, -0.25) is 4.79 Å². The van der Waals surface area contributed by atoms with Crippen LogP contribution in [0.2, 0.25) is 0 Å². The van der Waals surface area contributed by atoms with Crippen molar-refractivity contribution in [2.45, 2.75) is 90.2 Å². The summed E-state index contributed by atoms with van der Waals surface area (Å²) >= 11 is 0. The highest BCUT2D eigenvalue weighted by molar-refractivity contribution is 7.92. The number of carbonyl (C=O) groups is 1. The lowest BCUT2D eigenvalue weighted by molar-refractivity contribution is 0.0505. The fourth-order valence-electron chi connectivity index (χ4n) is 7.74. The fraction of sp³-hybridized carbons (Fsp3) is 0.475. The van der Waals surface area contributed by atoms with Gasteiger partial charge in [-0.05, 0) is 92.2 Å². The van der Waals surface area contributed by atoms with E-state index in [0.717, 1.165) is 35.3 Å². The van der Waals surface area contributed by atoms with Crippen molar-refractivity contribution in [1.82, 2.24) is 24.8 Å². The number of nitrogens with zero attached hydrogens (tertiary/aromatic N) is 6. The Morgan fingerprint density at radius 3 is 2.47 bits per heavy atom. The zero-order chi connectivity index (χ0) is 37.5. The van der Waals surface area contributed by atoms with Crippen molar-refractivity contribution in [3.05, 3.63) is 83.3 Å². The number of sulfonamides is 1. The molecular formula is C40H51N7O5S. The van der Waals surface area contributed by atoms with Crippen LogP contribution in [0.3, 0.4) is 0 Å². The molecule has 7 rings (SSSR count). The van der Waals surface area contributed by atoms with E-state index < -0.39 is 16.1 Å². The molecule has 4 aromatic rings. The number of amides is 1. The molecule has 12 nitrogen and oxygen atoms in total. The summed E-state index contributed by atoms with van der Waals surface area (Å²) in [6.45, 7) is 11.8. The second-order valence-corrected chi connectivity index (χ2v) is 17.7. The van der Waals surface area contributed by atoms with E-state index in [1.165, 1.54) is 25.0 Å². The molecular weight excluding hydrogens is 691 g/mol. The molecule has 2 aromatic carbocycles. The molecule has 1 spiro atoms. The largest absolute Gasteiger partial charge is 0.475 e. The topological polar surface area (TPSA) is 140 Å². The lowest BCUT2D eigenvalue weighted by Gasteiger charge is -2.44. The van der Waals surface area contributed by atoms with Gasteiger partial charge in [0.2, 0.25) is 11.8 Å². The van der Waals surface area contributed by atoms with Gasteiger partial charge in [-0.1, -0.05) is 45.0 Å². The highest BCUT2D eigenvalue weighted by Crippen LogP contribution is 2.62. The smallest absolute Gasteiger partial charge is 0.264 e. The number of benzene rings is 2. The molecule has 0 radical (unpaired) electrons. The van der Waals surface area contributed by atoms with Gasteiger partial charge in [-0.2, -0.15) is 4.98 Å². The van der Waals surface area contributed by atoms with E-state index in [9.17, 15) is 13.2 Å². The third-order valence-corrected chi connectivity index (χ3v) is 11.9. The van der Waals surface area contributed by atoms with Crippen LogP contribution in [0, 0.1) is 24.7 Å².